The standard InChI is InChI=1S/C18H14BrN3O2S/c19-8-4-18-5-11(25-10(18)3-9(8)23)22-16-13(18)14-12-7(1-2-20-14)6-21-15(12)17(16)24/h4,6,10-11,22,24H,1-3,5H2. The minimum absolute atomic E-state index is 0.156. The van der Waals surface area contributed by atoms with Gasteiger partial charge in [-0.05, 0) is 34.3 Å². The molecule has 25 heavy (non-hydrogen) atoms. The Morgan fingerprint density at radius 3 is 3.20 bits per heavy atom. The zero-order chi connectivity index (χ0) is 16.9. The van der Waals surface area contributed by atoms with E-state index in [0.29, 0.717) is 16.6 Å². The lowest BCUT2D eigenvalue weighted by Crippen LogP contribution is -2.48. The fourth-order valence-corrected chi connectivity index (χ4v) is 7.22. The van der Waals surface area contributed by atoms with E-state index in [9.17, 15) is 9.90 Å². The summed E-state index contributed by atoms with van der Waals surface area (Å²) in [6.07, 6.45) is 6.24. The molecular formula is C18H14BrN3O2S. The highest BCUT2D eigenvalue weighted by molar-refractivity contribution is 9.12. The van der Waals surface area contributed by atoms with E-state index in [1.807, 2.05) is 6.21 Å². The summed E-state index contributed by atoms with van der Waals surface area (Å²) in [6, 6.07) is 0. The average Bonchev–Trinajstić information content (AvgIpc) is 3.13. The molecule has 2 bridgehead atoms. The second-order valence-corrected chi connectivity index (χ2v) is 9.47. The lowest BCUT2D eigenvalue weighted by Gasteiger charge is -2.39. The Balaban J connectivity index is 1.79. The Hall–Kier alpha value is -1.60. The van der Waals surface area contributed by atoms with Gasteiger partial charge in [0.15, 0.2) is 11.5 Å². The number of hydrogen-bond acceptors (Lipinski definition) is 6. The topological polar surface area (TPSA) is 74.0 Å². The molecule has 3 atom stereocenters. The summed E-state index contributed by atoms with van der Waals surface area (Å²) in [5.74, 6) is 0.382. The predicted molar refractivity (Wildman–Crippen MR) is 102 cm³/mol. The van der Waals surface area contributed by atoms with Gasteiger partial charge in [-0.25, -0.2) is 0 Å². The summed E-state index contributed by atoms with van der Waals surface area (Å²) < 4.78 is 0.654. The number of fused-ring (bicyclic) bond motifs is 3. The number of allylic oxidation sites excluding steroid dienone is 2. The number of ketones is 1. The Kier molecular flexibility index (Phi) is 2.66. The third kappa shape index (κ3) is 1.64. The second-order valence-electron chi connectivity index (χ2n) is 7.21. The van der Waals surface area contributed by atoms with Crippen molar-refractivity contribution in [1.82, 2.24) is 0 Å². The van der Waals surface area contributed by atoms with Gasteiger partial charge in [0.05, 0.1) is 20.9 Å². The molecule has 1 aromatic carbocycles. The zero-order valence-corrected chi connectivity index (χ0v) is 15.6. The summed E-state index contributed by atoms with van der Waals surface area (Å²) in [7, 11) is 0. The molecule has 126 valence electrons. The SMILES string of the molecule is O=C1CC2SC3CC2(C=C1Br)c1c(c(O)c2c4c1=NCCC=4C=N2)N3. The van der Waals surface area contributed by atoms with Crippen LogP contribution in [0, 0.1) is 0 Å². The summed E-state index contributed by atoms with van der Waals surface area (Å²) in [5, 5.41) is 16.8. The third-order valence-corrected chi connectivity index (χ3v) is 8.16. The Morgan fingerprint density at radius 2 is 2.32 bits per heavy atom. The van der Waals surface area contributed by atoms with Gasteiger partial charge in [0.1, 0.15) is 5.69 Å². The maximum atomic E-state index is 12.3. The number of hydrogen-bond donors (Lipinski definition) is 2. The molecule has 1 spiro atoms. The van der Waals surface area contributed by atoms with Crippen molar-refractivity contribution in [3.8, 4) is 5.75 Å². The van der Waals surface area contributed by atoms with Crippen LogP contribution < -0.4 is 15.9 Å². The van der Waals surface area contributed by atoms with Crippen molar-refractivity contribution in [1.29, 1.82) is 0 Å². The van der Waals surface area contributed by atoms with Crippen LogP contribution in [0.4, 0.5) is 11.4 Å². The molecule has 2 N–H and O–H groups in total. The number of anilines is 1. The highest BCUT2D eigenvalue weighted by Crippen LogP contribution is 2.60. The highest BCUT2D eigenvalue weighted by Gasteiger charge is 2.56. The molecule has 7 heteroatoms. The van der Waals surface area contributed by atoms with Crippen LogP contribution in [0.3, 0.4) is 0 Å². The molecule has 1 saturated heterocycles. The van der Waals surface area contributed by atoms with Crippen molar-refractivity contribution in [3.63, 3.8) is 0 Å². The molecule has 6 rings (SSSR count). The maximum Gasteiger partial charge on any atom is 0.170 e. The van der Waals surface area contributed by atoms with Crippen LogP contribution in [0.1, 0.15) is 24.8 Å². The first-order valence-corrected chi connectivity index (χ1v) is 10.2. The van der Waals surface area contributed by atoms with Crippen LogP contribution in [-0.2, 0) is 10.2 Å². The number of phenols is 1. The van der Waals surface area contributed by atoms with Gasteiger partial charge in [-0.1, -0.05) is 6.08 Å². The molecule has 1 aromatic rings. The number of benzene rings is 1. The second kappa shape index (κ2) is 4.57. The van der Waals surface area contributed by atoms with Crippen LogP contribution in [0.15, 0.2) is 20.5 Å². The number of nitrogens with zero attached hydrogens (tertiary/aromatic N) is 2. The largest absolute Gasteiger partial charge is 0.504 e. The van der Waals surface area contributed by atoms with E-state index in [2.05, 4.69) is 32.3 Å². The minimum Gasteiger partial charge on any atom is -0.504 e. The molecule has 4 heterocycles. The van der Waals surface area contributed by atoms with Crippen molar-refractivity contribution < 1.29 is 9.90 Å². The van der Waals surface area contributed by atoms with E-state index in [1.165, 1.54) is 0 Å². The van der Waals surface area contributed by atoms with Crippen LogP contribution in [0.5, 0.6) is 5.75 Å². The number of nitrogens with one attached hydrogen (secondary N) is 1. The fourth-order valence-electron chi connectivity index (χ4n) is 4.92. The van der Waals surface area contributed by atoms with Gasteiger partial charge in [0.2, 0.25) is 0 Å². The Bertz CT molecular complexity index is 1080. The Morgan fingerprint density at radius 1 is 1.44 bits per heavy atom. The lowest BCUT2D eigenvalue weighted by atomic mass is 9.68. The molecule has 1 aliphatic carbocycles. The van der Waals surface area contributed by atoms with Crippen LogP contribution in [-0.4, -0.2) is 34.3 Å². The summed E-state index contributed by atoms with van der Waals surface area (Å²) in [6.45, 7) is 0.742. The van der Waals surface area contributed by atoms with Gasteiger partial charge in [-0.3, -0.25) is 14.8 Å². The molecule has 0 aromatic heterocycles. The first-order chi connectivity index (χ1) is 12.1. The number of carbonyl (C=O) groups excluding carboxylic acids is 1. The quantitative estimate of drug-likeness (QED) is 0.635. The molecule has 5 aliphatic rings. The molecule has 4 aliphatic heterocycles. The predicted octanol–water partition coefficient (Wildman–Crippen LogP) is 2.03. The van der Waals surface area contributed by atoms with Crippen LogP contribution in [0.25, 0.3) is 5.57 Å². The van der Waals surface area contributed by atoms with Gasteiger partial charge in [0.25, 0.3) is 0 Å². The van der Waals surface area contributed by atoms with E-state index < -0.39 is 0 Å². The van der Waals surface area contributed by atoms with Gasteiger partial charge in [-0.15, -0.1) is 11.8 Å². The number of aliphatic imine (C=N–C) groups is 1. The smallest absolute Gasteiger partial charge is 0.170 e. The Labute approximate surface area is 156 Å². The van der Waals surface area contributed by atoms with E-state index in [1.54, 1.807) is 11.8 Å². The van der Waals surface area contributed by atoms with Gasteiger partial charge in [0, 0.05) is 40.6 Å². The molecular weight excluding hydrogens is 402 g/mol. The average molecular weight is 416 g/mol. The highest BCUT2D eigenvalue weighted by atomic mass is 79.9. The first kappa shape index (κ1) is 14.6. The monoisotopic (exact) mass is 415 g/mol. The van der Waals surface area contributed by atoms with Gasteiger partial charge >= 0.3 is 0 Å². The molecule has 1 fully saturated rings. The number of Topliss-reactive ketones (excluding diaryl/α,β-unsaturated/α-hetero) is 1. The van der Waals surface area contributed by atoms with Gasteiger partial charge in [-0.2, -0.15) is 0 Å². The third-order valence-electron chi connectivity index (χ3n) is 5.96. The minimum atomic E-state index is -0.265. The van der Waals surface area contributed by atoms with E-state index >= 15 is 0 Å². The van der Waals surface area contributed by atoms with Crippen molar-refractivity contribution in [2.45, 2.75) is 35.3 Å². The fraction of sp³-hybridized carbons (Fsp3) is 0.389. The van der Waals surface area contributed by atoms with Crippen LogP contribution in [0.2, 0.25) is 0 Å². The normalized spacial score (nSPS) is 33.2. The van der Waals surface area contributed by atoms with E-state index in [4.69, 9.17) is 4.99 Å². The van der Waals surface area contributed by atoms with Gasteiger partial charge < -0.3 is 10.4 Å². The van der Waals surface area contributed by atoms with Crippen molar-refractivity contribution in [2.24, 2.45) is 9.98 Å². The number of aromatic hydroxyl groups is 1. The van der Waals surface area contributed by atoms with Crippen molar-refractivity contribution in [2.75, 3.05) is 11.9 Å². The molecule has 0 amide bonds. The van der Waals surface area contributed by atoms with Crippen molar-refractivity contribution in [3.05, 3.63) is 26.7 Å². The first-order valence-electron chi connectivity index (χ1n) is 8.43. The summed E-state index contributed by atoms with van der Waals surface area (Å²) >= 11 is 5.28. The maximum absolute atomic E-state index is 12.3. The lowest BCUT2D eigenvalue weighted by molar-refractivity contribution is -0.115. The number of halogens is 1. The zero-order valence-electron chi connectivity index (χ0n) is 13.2. The molecule has 0 saturated carbocycles. The number of phenolic OH excluding ortho intramolecular Hbond substituents is 1. The van der Waals surface area contributed by atoms with E-state index in [0.717, 1.165) is 46.8 Å². The molecule has 0 radical (unpaired) electrons. The number of carbonyl (C=O) groups is 1. The van der Waals surface area contributed by atoms with Crippen molar-refractivity contribution >= 4 is 56.6 Å². The number of rotatable bonds is 0. The molecule has 5 nitrogen and oxygen atoms in total. The summed E-state index contributed by atoms with van der Waals surface area (Å²) in [4.78, 5) is 21.6. The molecule has 3 unspecified atom stereocenters. The summed E-state index contributed by atoms with van der Waals surface area (Å²) in [5.41, 5.74) is 3.36. The number of thioether (sulfide) groups is 1. The van der Waals surface area contributed by atoms with Crippen LogP contribution >= 0.6 is 27.7 Å². The van der Waals surface area contributed by atoms with E-state index in [-0.39, 0.29) is 27.6 Å².